The predicted molar refractivity (Wildman–Crippen MR) is 209 cm³/mol. The van der Waals surface area contributed by atoms with E-state index in [1.807, 2.05) is 6.08 Å². The molecule has 0 aromatic heterocycles. The van der Waals surface area contributed by atoms with Crippen molar-refractivity contribution in [3.63, 3.8) is 0 Å². The van der Waals surface area contributed by atoms with Crippen molar-refractivity contribution < 1.29 is 37.5 Å². The van der Waals surface area contributed by atoms with Crippen LogP contribution in [0.1, 0.15) is 149 Å². The van der Waals surface area contributed by atoms with Crippen LogP contribution in [0.15, 0.2) is 60.9 Å². The lowest BCUT2D eigenvalue weighted by molar-refractivity contribution is -0.153. The minimum atomic E-state index is -4.31. The van der Waals surface area contributed by atoms with E-state index in [9.17, 15) is 14.3 Å². The number of rotatable bonds is 36. The first kappa shape index (κ1) is 47.0. The molecule has 1 saturated heterocycles. The number of ether oxygens (including phenoxy) is 3. The molecule has 294 valence electrons. The third-order valence-corrected chi connectivity index (χ3v) is 9.40. The van der Waals surface area contributed by atoms with E-state index in [2.05, 4.69) is 62.5 Å². The van der Waals surface area contributed by atoms with Crippen LogP contribution < -0.4 is 5.73 Å². The fourth-order valence-electron chi connectivity index (χ4n) is 5.39. The summed E-state index contributed by atoms with van der Waals surface area (Å²) >= 11 is 0. The molecule has 1 heterocycles. The minimum absolute atomic E-state index is 0.00254. The van der Waals surface area contributed by atoms with E-state index in [0.717, 1.165) is 51.4 Å². The quantitative estimate of drug-likeness (QED) is 0.0161. The van der Waals surface area contributed by atoms with Gasteiger partial charge in [-0.3, -0.25) is 13.8 Å². The number of phosphoric acid groups is 1. The largest absolute Gasteiger partial charge is 0.498 e. The number of allylic oxidation sites excluding steroid dienone is 7. The highest BCUT2D eigenvalue weighted by atomic mass is 31.2. The number of hydrogen-bond acceptors (Lipinski definition) is 8. The highest BCUT2D eigenvalue weighted by molar-refractivity contribution is 7.47. The van der Waals surface area contributed by atoms with Crippen LogP contribution in [0, 0.1) is 0 Å². The fourth-order valence-corrected chi connectivity index (χ4v) is 6.16. The van der Waals surface area contributed by atoms with Gasteiger partial charge in [0.1, 0.15) is 6.61 Å². The highest BCUT2D eigenvalue weighted by Gasteiger charge is 2.36. The second-order valence-electron chi connectivity index (χ2n) is 13.2. The molecule has 0 aromatic carbocycles. The molecule has 9 nitrogen and oxygen atoms in total. The lowest BCUT2D eigenvalue weighted by Gasteiger charge is -2.19. The number of nitrogens with two attached hydrogens (primary N) is 1. The molecule has 0 saturated carbocycles. The summed E-state index contributed by atoms with van der Waals surface area (Å²) < 4.78 is 38.8. The lowest BCUT2D eigenvalue weighted by atomic mass is 10.0. The molecule has 3 N–H and O–H groups in total. The summed E-state index contributed by atoms with van der Waals surface area (Å²) in [5, 5.41) is 0. The van der Waals surface area contributed by atoms with Crippen LogP contribution >= 0.6 is 7.82 Å². The maximum atomic E-state index is 12.6. The van der Waals surface area contributed by atoms with Gasteiger partial charge in [0.15, 0.2) is 6.10 Å². The maximum Gasteiger partial charge on any atom is 0.472 e. The Bertz CT molecular complexity index is 1030. The number of epoxide rings is 1. The summed E-state index contributed by atoms with van der Waals surface area (Å²) in [4.78, 5) is 22.4. The lowest BCUT2D eigenvalue weighted by Crippen LogP contribution is -2.27. The van der Waals surface area contributed by atoms with E-state index < -0.39 is 19.9 Å². The third kappa shape index (κ3) is 31.3. The van der Waals surface area contributed by atoms with Crippen molar-refractivity contribution in [2.45, 2.75) is 167 Å². The van der Waals surface area contributed by atoms with Crippen LogP contribution in [-0.4, -0.2) is 55.5 Å². The Morgan fingerprint density at radius 3 is 1.92 bits per heavy atom. The third-order valence-electron chi connectivity index (χ3n) is 8.42. The molecule has 0 bridgehead atoms. The Labute approximate surface area is 310 Å². The van der Waals surface area contributed by atoms with Gasteiger partial charge in [-0.15, -0.1) is 0 Å². The van der Waals surface area contributed by atoms with Gasteiger partial charge in [0, 0.05) is 13.0 Å². The van der Waals surface area contributed by atoms with Crippen LogP contribution in [0.4, 0.5) is 0 Å². The van der Waals surface area contributed by atoms with Gasteiger partial charge in [-0.05, 0) is 63.9 Å². The van der Waals surface area contributed by atoms with E-state index in [-0.39, 0.29) is 45.0 Å². The van der Waals surface area contributed by atoms with Crippen LogP contribution in [0.3, 0.4) is 0 Å². The molecule has 0 spiro atoms. The Morgan fingerprint density at radius 1 is 0.725 bits per heavy atom. The molecule has 0 aliphatic carbocycles. The summed E-state index contributed by atoms with van der Waals surface area (Å²) in [6, 6.07) is 0. The van der Waals surface area contributed by atoms with E-state index in [0.29, 0.717) is 6.42 Å². The second kappa shape index (κ2) is 33.8. The molecule has 1 rings (SSSR count). The molecule has 0 aromatic rings. The number of hydrogen-bond donors (Lipinski definition) is 2. The minimum Gasteiger partial charge on any atom is -0.498 e. The first-order valence-electron chi connectivity index (χ1n) is 19.9. The smallest absolute Gasteiger partial charge is 0.472 e. The topological polar surface area (TPSA) is 130 Å². The first-order valence-corrected chi connectivity index (χ1v) is 21.4. The van der Waals surface area contributed by atoms with E-state index >= 15 is 0 Å². The molecule has 0 amide bonds. The zero-order valence-corrected chi connectivity index (χ0v) is 32.9. The van der Waals surface area contributed by atoms with Gasteiger partial charge in [0.25, 0.3) is 0 Å². The summed E-state index contributed by atoms with van der Waals surface area (Å²) in [5.41, 5.74) is 5.35. The highest BCUT2D eigenvalue weighted by Crippen LogP contribution is 2.43. The molecule has 1 aliphatic rings. The average Bonchev–Trinajstić information content (AvgIpc) is 3.87. The van der Waals surface area contributed by atoms with Crippen LogP contribution in [-0.2, 0) is 32.6 Å². The SMILES string of the molecule is CC/C=C\C/C=C\C/C=C\CC1OC1C/C=C\CCCC(=O)OC(CO/C=C\CCCCCCCCCCCCCC)COP(=O)(O)OCCN. The van der Waals surface area contributed by atoms with E-state index in [4.69, 9.17) is 29.0 Å². The van der Waals surface area contributed by atoms with Crippen molar-refractivity contribution in [3.05, 3.63) is 60.9 Å². The first-order chi connectivity index (χ1) is 24.9. The van der Waals surface area contributed by atoms with Gasteiger partial charge in [-0.2, -0.15) is 0 Å². The van der Waals surface area contributed by atoms with Crippen LogP contribution in [0.5, 0.6) is 0 Å². The predicted octanol–water partition coefficient (Wildman–Crippen LogP) is 10.7. The summed E-state index contributed by atoms with van der Waals surface area (Å²) in [7, 11) is -4.31. The normalized spacial score (nSPS) is 18.1. The van der Waals surface area contributed by atoms with Gasteiger partial charge in [-0.1, -0.05) is 133 Å². The van der Waals surface area contributed by atoms with Crippen molar-refractivity contribution in [2.24, 2.45) is 5.73 Å². The molecule has 1 fully saturated rings. The van der Waals surface area contributed by atoms with Crippen molar-refractivity contribution in [2.75, 3.05) is 26.4 Å². The van der Waals surface area contributed by atoms with Gasteiger partial charge in [0.2, 0.25) is 0 Å². The number of esters is 1. The van der Waals surface area contributed by atoms with Crippen molar-refractivity contribution in [1.29, 1.82) is 0 Å². The molecule has 1 aliphatic heterocycles. The van der Waals surface area contributed by atoms with Crippen molar-refractivity contribution in [3.8, 4) is 0 Å². The summed E-state index contributed by atoms with van der Waals surface area (Å²) in [6.07, 6.45) is 43.6. The zero-order valence-electron chi connectivity index (χ0n) is 32.0. The summed E-state index contributed by atoms with van der Waals surface area (Å²) in [6.45, 7) is 4.03. The molecule has 51 heavy (non-hydrogen) atoms. The molecule has 4 atom stereocenters. The number of carbonyl (C=O) groups is 1. The number of carbonyl (C=O) groups excluding carboxylic acids is 1. The Hall–Kier alpha value is -2.00. The fraction of sp³-hybridized carbons (Fsp3) is 0.732. The van der Waals surface area contributed by atoms with Gasteiger partial charge in [0.05, 0.1) is 31.7 Å². The second-order valence-corrected chi connectivity index (χ2v) is 14.7. The maximum absolute atomic E-state index is 12.6. The molecule has 0 radical (unpaired) electrons. The van der Waals surface area contributed by atoms with E-state index in [1.54, 1.807) is 6.26 Å². The van der Waals surface area contributed by atoms with Gasteiger partial charge < -0.3 is 24.8 Å². The zero-order chi connectivity index (χ0) is 37.1. The van der Waals surface area contributed by atoms with Gasteiger partial charge in [-0.25, -0.2) is 4.57 Å². The Morgan fingerprint density at radius 2 is 1.29 bits per heavy atom. The van der Waals surface area contributed by atoms with Crippen LogP contribution in [0.2, 0.25) is 0 Å². The number of phosphoric ester groups is 1. The summed E-state index contributed by atoms with van der Waals surface area (Å²) in [5.74, 6) is -0.415. The monoisotopic (exact) mass is 737 g/mol. The Kier molecular flexibility index (Phi) is 31.2. The van der Waals surface area contributed by atoms with Gasteiger partial charge >= 0.3 is 13.8 Å². The molecular formula is C41H72NO8P. The van der Waals surface area contributed by atoms with Crippen molar-refractivity contribution >= 4 is 13.8 Å². The van der Waals surface area contributed by atoms with Crippen LogP contribution in [0.25, 0.3) is 0 Å². The molecular weight excluding hydrogens is 665 g/mol. The van der Waals surface area contributed by atoms with E-state index in [1.165, 1.54) is 70.6 Å². The Balaban J connectivity index is 2.24. The average molecular weight is 738 g/mol. The molecule has 4 unspecified atom stereocenters. The number of unbranched alkanes of at least 4 members (excludes halogenated alkanes) is 13. The standard InChI is InChI=1S/C41H72NO8P/c1-3-5-7-9-11-13-14-15-16-17-19-21-25-29-34-46-36-38(37-48-51(44,45)47-35-33-42)49-41(43)32-28-24-23-27-31-40-39(50-40)30-26-22-20-18-12-10-8-6-4-2/h6,8,12,18,22-23,26-27,29,34,38-40H,3-5,7,9-11,13-17,19-21,24-25,28,30-33,35-37,42H2,1-2H3,(H,44,45)/b8-6-,18-12-,26-22-,27-23-,34-29-. The van der Waals surface area contributed by atoms with Crippen molar-refractivity contribution in [1.82, 2.24) is 0 Å². The molecule has 10 heteroatoms.